The van der Waals surface area contributed by atoms with Crippen molar-refractivity contribution in [2.75, 3.05) is 0 Å². The molecule has 4 aromatic heterocycles. The van der Waals surface area contributed by atoms with Gasteiger partial charge in [0.1, 0.15) is 11.2 Å². The summed E-state index contributed by atoms with van der Waals surface area (Å²) in [6.07, 6.45) is 0. The molecular formula is C63H37N5O. The summed E-state index contributed by atoms with van der Waals surface area (Å²) in [6.45, 7) is 0. The van der Waals surface area contributed by atoms with Crippen LogP contribution in [0.1, 0.15) is 0 Å². The summed E-state index contributed by atoms with van der Waals surface area (Å²) in [4.78, 5) is 15.8. The van der Waals surface area contributed by atoms with Crippen molar-refractivity contribution in [3.63, 3.8) is 0 Å². The Labute approximate surface area is 394 Å². The molecule has 0 bridgehead atoms. The van der Waals surface area contributed by atoms with E-state index in [9.17, 15) is 0 Å². The number of rotatable bonds is 5. The van der Waals surface area contributed by atoms with Gasteiger partial charge in [0.2, 0.25) is 0 Å². The maximum absolute atomic E-state index is 6.90. The second-order valence-electron chi connectivity index (χ2n) is 18.0. The van der Waals surface area contributed by atoms with Gasteiger partial charge in [0, 0.05) is 66.1 Å². The van der Waals surface area contributed by atoms with Crippen LogP contribution in [0.4, 0.5) is 0 Å². The third-order valence-electron chi connectivity index (χ3n) is 14.1. The molecule has 0 N–H and O–H groups in total. The Morgan fingerprint density at radius 2 is 0.870 bits per heavy atom. The zero-order chi connectivity index (χ0) is 45.2. The predicted octanol–water partition coefficient (Wildman–Crippen LogP) is 16.4. The number of para-hydroxylation sites is 2. The molecule has 0 aliphatic heterocycles. The lowest BCUT2D eigenvalue weighted by molar-refractivity contribution is 0.669. The fourth-order valence-electron chi connectivity index (χ4n) is 11.0. The Balaban J connectivity index is 0.960. The van der Waals surface area contributed by atoms with Crippen LogP contribution in [0.5, 0.6) is 0 Å². The van der Waals surface area contributed by atoms with Gasteiger partial charge in [-0.05, 0) is 93.7 Å². The van der Waals surface area contributed by atoms with Crippen LogP contribution in [0.25, 0.3) is 143 Å². The third-order valence-corrected chi connectivity index (χ3v) is 14.1. The number of fused-ring (bicyclic) bond motifs is 13. The van der Waals surface area contributed by atoms with Crippen molar-refractivity contribution in [1.29, 1.82) is 0 Å². The minimum atomic E-state index is 0.588. The minimum Gasteiger partial charge on any atom is -0.456 e. The van der Waals surface area contributed by atoms with Crippen molar-refractivity contribution < 1.29 is 4.42 Å². The Morgan fingerprint density at radius 1 is 0.304 bits per heavy atom. The average molecular weight is 880 g/mol. The highest BCUT2D eigenvalue weighted by Gasteiger charge is 2.23. The molecular weight excluding hydrogens is 843 g/mol. The number of hydrogen-bond acceptors (Lipinski definition) is 4. The normalized spacial score (nSPS) is 12.1. The van der Waals surface area contributed by atoms with Crippen LogP contribution >= 0.6 is 0 Å². The van der Waals surface area contributed by atoms with E-state index in [1.807, 2.05) is 18.2 Å². The van der Waals surface area contributed by atoms with Gasteiger partial charge in [-0.25, -0.2) is 15.0 Å². The van der Waals surface area contributed by atoms with Crippen LogP contribution < -0.4 is 0 Å². The summed E-state index contributed by atoms with van der Waals surface area (Å²) >= 11 is 0. The molecule has 0 atom stereocenters. The maximum Gasteiger partial charge on any atom is 0.164 e. The van der Waals surface area contributed by atoms with E-state index in [1.165, 1.54) is 32.3 Å². The molecule has 0 fully saturated rings. The smallest absolute Gasteiger partial charge is 0.164 e. The van der Waals surface area contributed by atoms with Gasteiger partial charge in [-0.2, -0.15) is 0 Å². The van der Waals surface area contributed by atoms with Gasteiger partial charge in [-0.3, -0.25) is 0 Å². The first-order valence-electron chi connectivity index (χ1n) is 23.3. The summed E-state index contributed by atoms with van der Waals surface area (Å²) in [7, 11) is 0. The molecule has 4 heterocycles. The highest BCUT2D eigenvalue weighted by Crippen LogP contribution is 2.44. The Bertz CT molecular complexity index is 4510. The van der Waals surface area contributed by atoms with Crippen LogP contribution in [0.2, 0.25) is 0 Å². The molecule has 0 radical (unpaired) electrons. The van der Waals surface area contributed by atoms with Crippen molar-refractivity contribution in [2.24, 2.45) is 0 Å². The van der Waals surface area contributed by atoms with Gasteiger partial charge < -0.3 is 13.6 Å². The summed E-state index contributed by atoms with van der Waals surface area (Å²) < 4.78 is 11.7. The zero-order valence-corrected chi connectivity index (χ0v) is 37.0. The fourth-order valence-corrected chi connectivity index (χ4v) is 11.0. The van der Waals surface area contributed by atoms with Crippen LogP contribution in [0.3, 0.4) is 0 Å². The zero-order valence-electron chi connectivity index (χ0n) is 37.0. The highest BCUT2D eigenvalue weighted by molar-refractivity contribution is 6.23. The molecule has 0 aliphatic carbocycles. The second kappa shape index (κ2) is 14.6. The largest absolute Gasteiger partial charge is 0.456 e. The van der Waals surface area contributed by atoms with Gasteiger partial charge in [0.15, 0.2) is 17.5 Å². The molecule has 6 nitrogen and oxygen atoms in total. The summed E-state index contributed by atoms with van der Waals surface area (Å²) in [5.41, 5.74) is 11.0. The average Bonchev–Trinajstić information content (AvgIpc) is 4.06. The van der Waals surface area contributed by atoms with E-state index >= 15 is 0 Å². The summed E-state index contributed by atoms with van der Waals surface area (Å²) in [6, 6.07) is 79.7. The van der Waals surface area contributed by atoms with Crippen LogP contribution in [-0.4, -0.2) is 24.1 Å². The lowest BCUT2D eigenvalue weighted by Crippen LogP contribution is -2.00. The van der Waals surface area contributed by atoms with Crippen molar-refractivity contribution >= 4 is 97.9 Å². The molecule has 320 valence electrons. The van der Waals surface area contributed by atoms with E-state index in [0.717, 1.165) is 93.6 Å². The first kappa shape index (κ1) is 37.8. The number of nitrogens with zero attached hydrogens (tertiary/aromatic N) is 5. The third kappa shape index (κ3) is 5.69. The molecule has 15 rings (SSSR count). The fraction of sp³-hybridized carbons (Fsp3) is 0. The minimum absolute atomic E-state index is 0.588. The van der Waals surface area contributed by atoms with Gasteiger partial charge in [-0.15, -0.1) is 0 Å². The van der Waals surface area contributed by atoms with Gasteiger partial charge >= 0.3 is 0 Å². The molecule has 69 heavy (non-hydrogen) atoms. The maximum atomic E-state index is 6.90. The first-order valence-corrected chi connectivity index (χ1v) is 23.3. The van der Waals surface area contributed by atoms with Crippen LogP contribution in [-0.2, 0) is 0 Å². The molecule has 0 spiro atoms. The summed E-state index contributed by atoms with van der Waals surface area (Å²) in [5.74, 6) is 1.81. The lowest BCUT2D eigenvalue weighted by Gasteiger charge is -2.13. The topological polar surface area (TPSA) is 61.7 Å². The number of furan rings is 1. The molecule has 0 saturated heterocycles. The van der Waals surface area contributed by atoms with Crippen molar-refractivity contribution in [2.45, 2.75) is 0 Å². The number of hydrogen-bond donors (Lipinski definition) is 0. The second-order valence-corrected chi connectivity index (χ2v) is 18.0. The van der Waals surface area contributed by atoms with E-state index < -0.39 is 0 Å². The first-order chi connectivity index (χ1) is 34.2. The Morgan fingerprint density at radius 3 is 1.58 bits per heavy atom. The monoisotopic (exact) mass is 879 g/mol. The van der Waals surface area contributed by atoms with E-state index in [-0.39, 0.29) is 0 Å². The van der Waals surface area contributed by atoms with E-state index in [2.05, 4.69) is 215 Å². The van der Waals surface area contributed by atoms with Crippen LogP contribution in [0.15, 0.2) is 229 Å². The number of aromatic nitrogens is 5. The lowest BCUT2D eigenvalue weighted by atomic mass is 10.0. The highest BCUT2D eigenvalue weighted by atomic mass is 16.3. The van der Waals surface area contributed by atoms with E-state index in [0.29, 0.717) is 17.5 Å². The number of benzene rings is 11. The molecule has 15 aromatic rings. The molecule has 11 aromatic carbocycles. The van der Waals surface area contributed by atoms with E-state index in [1.54, 1.807) is 0 Å². The van der Waals surface area contributed by atoms with Crippen molar-refractivity contribution in [3.05, 3.63) is 224 Å². The SMILES string of the molecule is c1ccc(-c2nc(-c3ccc4oc5cc(-n6c7cc8ccccc8cc7c7cc8ccccc8cc76)c6ccccc6c5c4c3)nc(-c3cccc4c3c3ccccc3n4-c3ccccc3)n2)cc1. The van der Waals surface area contributed by atoms with Crippen molar-refractivity contribution in [1.82, 2.24) is 24.1 Å². The van der Waals surface area contributed by atoms with Crippen molar-refractivity contribution in [3.8, 4) is 45.5 Å². The van der Waals surface area contributed by atoms with Gasteiger partial charge in [-0.1, -0.05) is 152 Å². The van der Waals surface area contributed by atoms with Gasteiger partial charge in [0.05, 0.1) is 27.8 Å². The molecule has 0 saturated carbocycles. The summed E-state index contributed by atoms with van der Waals surface area (Å²) in [5, 5.41) is 13.8. The quantitative estimate of drug-likeness (QED) is 0.173. The molecule has 0 aliphatic rings. The van der Waals surface area contributed by atoms with Crippen LogP contribution in [0, 0.1) is 0 Å². The molecule has 0 amide bonds. The molecule has 0 unspecified atom stereocenters. The van der Waals surface area contributed by atoms with Gasteiger partial charge in [0.25, 0.3) is 0 Å². The predicted molar refractivity (Wildman–Crippen MR) is 285 cm³/mol. The molecule has 6 heteroatoms. The van der Waals surface area contributed by atoms with E-state index in [4.69, 9.17) is 19.4 Å². The standard InChI is InChI=1S/C63H37N5O/c1-3-16-38(17-4-1)61-64-62(66-63(65-61)48-27-15-29-53-59(48)47-26-13-14-28-52(47)67(53)44-22-5-2-6-23-44)43-30-31-57-51(34-43)60-46-25-12-11-24-45(46)56(37-58(60)69-57)68-54-35-41-20-9-7-18-39(41)32-49(54)50-33-40-19-8-10-21-42(40)36-55(50)68/h1-37H. The Kier molecular flexibility index (Phi) is 7.97. The Hall–Kier alpha value is -9.39.